The topological polar surface area (TPSA) is 83.7 Å². The molecule has 2 N–H and O–H groups in total. The van der Waals surface area contributed by atoms with Gasteiger partial charge in [-0.3, -0.25) is 9.59 Å². The molecule has 1 aliphatic heterocycles. The predicted octanol–water partition coefficient (Wildman–Crippen LogP) is 3.93. The van der Waals surface area contributed by atoms with Crippen molar-refractivity contribution in [2.45, 2.75) is 26.3 Å². The van der Waals surface area contributed by atoms with Crippen molar-refractivity contribution in [1.82, 2.24) is 4.98 Å². The molecule has 7 heteroatoms. The van der Waals surface area contributed by atoms with Crippen molar-refractivity contribution >= 4 is 28.2 Å². The molecule has 0 aliphatic carbocycles. The smallest absolute Gasteiger partial charge is 0.309 e. The molecule has 0 radical (unpaired) electrons. The molecule has 0 atom stereocenters. The minimum Gasteiger partial charge on any atom is -0.497 e. The Hall–Kier alpha value is -3.48. The minimum atomic E-state index is -0.101. The van der Waals surface area contributed by atoms with E-state index in [-0.39, 0.29) is 17.4 Å². The van der Waals surface area contributed by atoms with Crippen LogP contribution in [0.25, 0.3) is 10.9 Å². The fourth-order valence-electron chi connectivity index (χ4n) is 4.11. The van der Waals surface area contributed by atoms with Crippen LogP contribution in [0.15, 0.2) is 53.3 Å². The Morgan fingerprint density at radius 1 is 1.12 bits per heavy atom. The zero-order valence-electron chi connectivity index (χ0n) is 18.5. The molecule has 1 aliphatic rings. The number of aromatic amines is 1. The van der Waals surface area contributed by atoms with Crippen LogP contribution in [0.1, 0.15) is 25.3 Å². The van der Waals surface area contributed by atoms with E-state index < -0.39 is 0 Å². The van der Waals surface area contributed by atoms with Crippen LogP contribution in [0.2, 0.25) is 0 Å². The van der Waals surface area contributed by atoms with Crippen LogP contribution in [-0.4, -0.2) is 37.8 Å². The third kappa shape index (κ3) is 4.88. The molecule has 0 spiro atoms. The molecule has 2 aromatic carbocycles. The van der Waals surface area contributed by atoms with Gasteiger partial charge in [0.1, 0.15) is 5.75 Å². The van der Waals surface area contributed by atoms with E-state index in [0.717, 1.165) is 54.0 Å². The average molecular weight is 436 g/mol. The molecule has 168 valence electrons. The average Bonchev–Trinajstić information content (AvgIpc) is 2.83. The van der Waals surface area contributed by atoms with E-state index >= 15 is 0 Å². The number of methoxy groups -OCH3 is 1. The van der Waals surface area contributed by atoms with Crippen molar-refractivity contribution in [2.75, 3.05) is 37.0 Å². The van der Waals surface area contributed by atoms with E-state index in [1.54, 1.807) is 7.11 Å². The number of ether oxygens (including phenoxy) is 2. The summed E-state index contributed by atoms with van der Waals surface area (Å²) in [6.07, 6.45) is 1.63. The summed E-state index contributed by atoms with van der Waals surface area (Å²) in [5, 5.41) is 4.26. The van der Waals surface area contributed by atoms with Crippen molar-refractivity contribution in [3.63, 3.8) is 0 Å². The summed E-state index contributed by atoms with van der Waals surface area (Å²) in [7, 11) is 1.63. The van der Waals surface area contributed by atoms with Gasteiger partial charge in [0, 0.05) is 47.5 Å². The first kappa shape index (κ1) is 21.7. The van der Waals surface area contributed by atoms with Crippen LogP contribution in [0.5, 0.6) is 5.75 Å². The van der Waals surface area contributed by atoms with Gasteiger partial charge in [-0.2, -0.15) is 0 Å². The van der Waals surface area contributed by atoms with Gasteiger partial charge in [0.15, 0.2) is 0 Å². The highest BCUT2D eigenvalue weighted by atomic mass is 16.5. The van der Waals surface area contributed by atoms with E-state index in [1.165, 1.54) is 0 Å². The number of esters is 1. The summed E-state index contributed by atoms with van der Waals surface area (Å²) in [6, 6.07) is 15.7. The number of nitrogens with one attached hydrogen (secondary N) is 2. The standard InChI is InChI=1S/C25H29N3O4/c1-3-32-25(30)17-10-12-28(13-11-17)21-6-4-20(5-7-21)26-16-19-14-18-15-22(31-2)8-9-23(18)27-24(19)29/h4-9,14-15,17,26H,3,10-13,16H2,1-2H3,(H,27,29). The van der Waals surface area contributed by atoms with Gasteiger partial charge in [0.25, 0.3) is 5.56 Å². The number of fused-ring (bicyclic) bond motifs is 1. The maximum Gasteiger partial charge on any atom is 0.309 e. The van der Waals surface area contributed by atoms with E-state index in [0.29, 0.717) is 18.7 Å². The molecule has 1 fully saturated rings. The number of H-pyrrole nitrogens is 1. The number of nitrogens with zero attached hydrogens (tertiary/aromatic N) is 1. The maximum atomic E-state index is 12.4. The van der Waals surface area contributed by atoms with Gasteiger partial charge >= 0.3 is 5.97 Å². The number of aromatic nitrogens is 1. The Morgan fingerprint density at radius 3 is 2.56 bits per heavy atom. The molecule has 1 saturated heterocycles. The van der Waals surface area contributed by atoms with Gasteiger partial charge in [0.2, 0.25) is 0 Å². The molecule has 0 bridgehead atoms. The van der Waals surface area contributed by atoms with Crippen molar-refractivity contribution in [1.29, 1.82) is 0 Å². The Kier molecular flexibility index (Phi) is 6.63. The van der Waals surface area contributed by atoms with E-state index in [2.05, 4.69) is 27.3 Å². The fourth-order valence-corrected chi connectivity index (χ4v) is 4.11. The highest BCUT2D eigenvalue weighted by Crippen LogP contribution is 2.25. The quantitative estimate of drug-likeness (QED) is 0.547. The molecule has 1 aromatic heterocycles. The molecule has 3 aromatic rings. The molecule has 0 unspecified atom stereocenters. The van der Waals surface area contributed by atoms with Gasteiger partial charge in [-0.15, -0.1) is 0 Å². The number of piperidine rings is 1. The number of carbonyl (C=O) groups excluding carboxylic acids is 1. The zero-order valence-corrected chi connectivity index (χ0v) is 18.5. The van der Waals surface area contributed by atoms with E-state index in [4.69, 9.17) is 9.47 Å². The van der Waals surface area contributed by atoms with Gasteiger partial charge < -0.3 is 24.7 Å². The molecular formula is C25H29N3O4. The van der Waals surface area contributed by atoms with Crippen molar-refractivity contribution in [3.8, 4) is 5.75 Å². The summed E-state index contributed by atoms with van der Waals surface area (Å²) in [6.45, 7) is 4.38. The number of carbonyl (C=O) groups is 1. The second-order valence-corrected chi connectivity index (χ2v) is 7.99. The van der Waals surface area contributed by atoms with E-state index in [1.807, 2.05) is 43.3 Å². The molecular weight excluding hydrogens is 406 g/mol. The first-order valence-corrected chi connectivity index (χ1v) is 11.0. The first-order chi connectivity index (χ1) is 15.6. The lowest BCUT2D eigenvalue weighted by Gasteiger charge is -2.32. The Bertz CT molecular complexity index is 1130. The largest absolute Gasteiger partial charge is 0.497 e. The molecule has 0 amide bonds. The van der Waals surface area contributed by atoms with Gasteiger partial charge in [-0.25, -0.2) is 0 Å². The van der Waals surface area contributed by atoms with Crippen molar-refractivity contribution < 1.29 is 14.3 Å². The van der Waals surface area contributed by atoms with Crippen LogP contribution in [0.3, 0.4) is 0 Å². The predicted molar refractivity (Wildman–Crippen MR) is 126 cm³/mol. The number of benzene rings is 2. The minimum absolute atomic E-state index is 0.00662. The number of hydrogen-bond acceptors (Lipinski definition) is 6. The second-order valence-electron chi connectivity index (χ2n) is 7.99. The molecule has 4 rings (SSSR count). The number of hydrogen-bond donors (Lipinski definition) is 2. The lowest BCUT2D eigenvalue weighted by Crippen LogP contribution is -2.36. The number of anilines is 2. The third-order valence-corrected chi connectivity index (χ3v) is 5.96. The summed E-state index contributed by atoms with van der Waals surface area (Å²) in [5.74, 6) is 0.686. The number of rotatable bonds is 7. The fraction of sp³-hybridized carbons (Fsp3) is 0.360. The Labute approximate surface area is 187 Å². The highest BCUT2D eigenvalue weighted by molar-refractivity contribution is 5.80. The zero-order chi connectivity index (χ0) is 22.5. The molecule has 2 heterocycles. The van der Waals surface area contributed by atoms with Gasteiger partial charge in [-0.05, 0) is 68.3 Å². The van der Waals surface area contributed by atoms with Crippen LogP contribution in [0.4, 0.5) is 11.4 Å². The SMILES string of the molecule is CCOC(=O)C1CCN(c2ccc(NCc3cc4cc(OC)ccc4[nH]c3=O)cc2)CC1. The van der Waals surface area contributed by atoms with Crippen LogP contribution in [-0.2, 0) is 16.1 Å². The summed E-state index contributed by atoms with van der Waals surface area (Å²) < 4.78 is 10.4. The van der Waals surface area contributed by atoms with Crippen molar-refractivity contribution in [3.05, 3.63) is 64.4 Å². The lowest BCUT2D eigenvalue weighted by atomic mass is 9.96. The normalized spacial score (nSPS) is 14.4. The monoisotopic (exact) mass is 435 g/mol. The van der Waals surface area contributed by atoms with Gasteiger partial charge in [0.05, 0.1) is 19.6 Å². The molecule has 7 nitrogen and oxygen atoms in total. The highest BCUT2D eigenvalue weighted by Gasteiger charge is 2.26. The van der Waals surface area contributed by atoms with Crippen molar-refractivity contribution in [2.24, 2.45) is 5.92 Å². The summed E-state index contributed by atoms with van der Waals surface area (Å²) in [4.78, 5) is 29.6. The van der Waals surface area contributed by atoms with E-state index in [9.17, 15) is 9.59 Å². The Balaban J connectivity index is 1.37. The van der Waals surface area contributed by atoms with Crippen LogP contribution in [0, 0.1) is 5.92 Å². The molecule has 32 heavy (non-hydrogen) atoms. The third-order valence-electron chi connectivity index (χ3n) is 5.96. The molecule has 0 saturated carbocycles. The van der Waals surface area contributed by atoms with Crippen LogP contribution >= 0.6 is 0 Å². The summed E-state index contributed by atoms with van der Waals surface area (Å²) in [5.41, 5.74) is 3.43. The van der Waals surface area contributed by atoms with Crippen LogP contribution < -0.4 is 20.5 Å². The van der Waals surface area contributed by atoms with Gasteiger partial charge in [-0.1, -0.05) is 0 Å². The lowest BCUT2D eigenvalue weighted by molar-refractivity contribution is -0.148. The first-order valence-electron chi connectivity index (χ1n) is 11.0. The Morgan fingerprint density at radius 2 is 1.88 bits per heavy atom. The summed E-state index contributed by atoms with van der Waals surface area (Å²) >= 11 is 0. The maximum absolute atomic E-state index is 12.4. The number of pyridine rings is 1. The second kappa shape index (κ2) is 9.77.